The van der Waals surface area contributed by atoms with Crippen molar-refractivity contribution >= 4 is 56.8 Å². The molecule has 0 spiro atoms. The number of fused-ring (bicyclic) bond motifs is 1. The van der Waals surface area contributed by atoms with E-state index >= 15 is 0 Å². The Morgan fingerprint density at radius 1 is 1.27 bits per heavy atom. The van der Waals surface area contributed by atoms with Crippen LogP contribution in [0.3, 0.4) is 0 Å². The van der Waals surface area contributed by atoms with Crippen LogP contribution in [0.1, 0.15) is 11.5 Å². The number of nitriles is 1. The predicted molar refractivity (Wildman–Crippen MR) is 106 cm³/mol. The first kappa shape index (κ1) is 16.7. The summed E-state index contributed by atoms with van der Waals surface area (Å²) >= 11 is 9.07. The number of thiophene rings is 1. The Morgan fingerprint density at radius 2 is 2.15 bits per heavy atom. The molecule has 0 saturated carbocycles. The van der Waals surface area contributed by atoms with Crippen molar-refractivity contribution in [2.75, 3.05) is 0 Å². The van der Waals surface area contributed by atoms with Crippen LogP contribution in [0.4, 0.5) is 0 Å². The van der Waals surface area contributed by atoms with Crippen LogP contribution in [0, 0.1) is 11.3 Å². The summed E-state index contributed by atoms with van der Waals surface area (Å²) in [5.41, 5.74) is 2.03. The summed E-state index contributed by atoms with van der Waals surface area (Å²) in [6.07, 6.45) is 1.61. The van der Waals surface area contributed by atoms with Crippen molar-refractivity contribution in [3.63, 3.8) is 0 Å². The Labute approximate surface area is 160 Å². The number of H-pyrrole nitrogens is 1. The van der Waals surface area contributed by atoms with E-state index in [0.29, 0.717) is 21.6 Å². The maximum Gasteiger partial charge on any atom is 0.259 e. The Hall–Kier alpha value is -2.79. The van der Waals surface area contributed by atoms with Crippen LogP contribution < -0.4 is 5.56 Å². The highest BCUT2D eigenvalue weighted by Crippen LogP contribution is 2.27. The number of halogens is 1. The summed E-state index contributed by atoms with van der Waals surface area (Å²) in [7, 11) is 0. The second-order valence-corrected chi connectivity index (χ2v) is 7.41. The van der Waals surface area contributed by atoms with Crippen molar-refractivity contribution in [3.8, 4) is 16.6 Å². The van der Waals surface area contributed by atoms with Gasteiger partial charge in [-0.2, -0.15) is 16.6 Å². The number of aromatic nitrogens is 3. The molecule has 4 rings (SSSR count). The highest BCUT2D eigenvalue weighted by atomic mass is 35.5. The molecule has 26 heavy (non-hydrogen) atoms. The van der Waals surface area contributed by atoms with Crippen LogP contribution in [-0.4, -0.2) is 15.0 Å². The van der Waals surface area contributed by atoms with Gasteiger partial charge in [0.25, 0.3) is 5.56 Å². The summed E-state index contributed by atoms with van der Waals surface area (Å²) in [6, 6.07) is 8.91. The Balaban J connectivity index is 1.78. The predicted octanol–water partition coefficient (Wildman–Crippen LogP) is 4.83. The normalized spacial score (nSPS) is 11.6. The van der Waals surface area contributed by atoms with Gasteiger partial charge in [-0.1, -0.05) is 11.6 Å². The van der Waals surface area contributed by atoms with Gasteiger partial charge < -0.3 is 4.98 Å². The molecule has 0 bridgehead atoms. The minimum atomic E-state index is -0.319. The first-order chi connectivity index (χ1) is 12.6. The summed E-state index contributed by atoms with van der Waals surface area (Å²) in [5.74, 6) is 0.192. The first-order valence-corrected chi connectivity index (χ1v) is 9.64. The third-order valence-corrected chi connectivity index (χ3v) is 5.45. The molecule has 0 aliphatic rings. The molecule has 0 fully saturated rings. The molecule has 0 saturated heterocycles. The third kappa shape index (κ3) is 3.18. The van der Waals surface area contributed by atoms with Gasteiger partial charge in [0.2, 0.25) is 0 Å². The molecule has 126 valence electrons. The van der Waals surface area contributed by atoms with Crippen molar-refractivity contribution in [3.05, 3.63) is 67.3 Å². The van der Waals surface area contributed by atoms with Gasteiger partial charge in [-0.05, 0) is 35.7 Å². The Morgan fingerprint density at radius 3 is 2.92 bits per heavy atom. The number of nitrogens with zero attached hydrogens (tertiary/aromatic N) is 3. The molecule has 0 atom stereocenters. The molecular formula is C18H9ClN4OS2. The van der Waals surface area contributed by atoms with Gasteiger partial charge in [0, 0.05) is 21.3 Å². The van der Waals surface area contributed by atoms with Gasteiger partial charge in [0.15, 0.2) is 5.82 Å². The Kier molecular flexibility index (Phi) is 4.39. The summed E-state index contributed by atoms with van der Waals surface area (Å²) in [4.78, 5) is 23.8. The van der Waals surface area contributed by atoms with Crippen molar-refractivity contribution in [2.45, 2.75) is 0 Å². The van der Waals surface area contributed by atoms with E-state index in [2.05, 4.69) is 21.0 Å². The number of aromatic amines is 1. The van der Waals surface area contributed by atoms with Gasteiger partial charge in [-0.25, -0.2) is 9.97 Å². The molecule has 0 amide bonds. The highest BCUT2D eigenvalue weighted by molar-refractivity contribution is 7.14. The van der Waals surface area contributed by atoms with E-state index in [-0.39, 0.29) is 17.0 Å². The maximum atomic E-state index is 12.3. The third-order valence-electron chi connectivity index (χ3n) is 3.63. The van der Waals surface area contributed by atoms with E-state index in [0.717, 1.165) is 10.6 Å². The van der Waals surface area contributed by atoms with E-state index in [1.807, 2.05) is 22.2 Å². The zero-order valence-electron chi connectivity index (χ0n) is 13.1. The molecule has 4 aromatic rings. The van der Waals surface area contributed by atoms with Gasteiger partial charge in [-0.3, -0.25) is 4.79 Å². The van der Waals surface area contributed by atoms with E-state index < -0.39 is 0 Å². The lowest BCUT2D eigenvalue weighted by molar-refractivity contribution is 1.13. The summed E-state index contributed by atoms with van der Waals surface area (Å²) in [5, 5.41) is 17.2. The molecule has 0 unspecified atom stereocenters. The molecule has 8 heteroatoms. The number of benzene rings is 1. The van der Waals surface area contributed by atoms with E-state index in [4.69, 9.17) is 11.6 Å². The van der Waals surface area contributed by atoms with Crippen molar-refractivity contribution < 1.29 is 0 Å². The van der Waals surface area contributed by atoms with Crippen LogP contribution in [0.5, 0.6) is 0 Å². The minimum absolute atomic E-state index is 0.192. The zero-order valence-corrected chi connectivity index (χ0v) is 15.5. The lowest BCUT2D eigenvalue weighted by Gasteiger charge is -2.02. The van der Waals surface area contributed by atoms with E-state index in [1.165, 1.54) is 11.3 Å². The number of allylic oxidation sites excluding steroid dienone is 1. The largest absolute Gasteiger partial charge is 0.305 e. The maximum absolute atomic E-state index is 12.3. The highest BCUT2D eigenvalue weighted by Gasteiger charge is 2.10. The van der Waals surface area contributed by atoms with Crippen LogP contribution >= 0.6 is 34.3 Å². The van der Waals surface area contributed by atoms with Crippen molar-refractivity contribution in [1.29, 1.82) is 5.26 Å². The van der Waals surface area contributed by atoms with Crippen molar-refractivity contribution in [1.82, 2.24) is 15.0 Å². The fraction of sp³-hybridized carbons (Fsp3) is 0. The standard InChI is InChI=1S/C18H9ClN4OS2/c19-12-1-2-14-15(6-12)22-16(23-17(14)24)11(7-20)5-13-9-26-18(21-13)10-3-4-25-8-10/h1-6,8-9H,(H,22,23,24)/b11-5-. The van der Waals surface area contributed by atoms with Crippen LogP contribution in [0.25, 0.3) is 33.1 Å². The molecule has 1 aromatic carbocycles. The van der Waals surface area contributed by atoms with Crippen LogP contribution in [-0.2, 0) is 0 Å². The molecule has 0 aliphatic carbocycles. The summed E-state index contributed by atoms with van der Waals surface area (Å²) in [6.45, 7) is 0. The van der Waals surface area contributed by atoms with E-state index in [9.17, 15) is 10.1 Å². The molecule has 0 radical (unpaired) electrons. The lowest BCUT2D eigenvalue weighted by Crippen LogP contribution is -2.11. The topological polar surface area (TPSA) is 82.4 Å². The molecule has 0 aliphatic heterocycles. The Bertz CT molecular complexity index is 1230. The lowest BCUT2D eigenvalue weighted by atomic mass is 10.2. The molecular weight excluding hydrogens is 388 g/mol. The van der Waals surface area contributed by atoms with Crippen molar-refractivity contribution in [2.24, 2.45) is 0 Å². The molecule has 3 heterocycles. The van der Waals surface area contributed by atoms with Crippen LogP contribution in [0.2, 0.25) is 5.02 Å². The quantitative estimate of drug-likeness (QED) is 0.503. The summed E-state index contributed by atoms with van der Waals surface area (Å²) < 4.78 is 0. The van der Waals surface area contributed by atoms with E-state index in [1.54, 1.807) is 35.6 Å². The monoisotopic (exact) mass is 396 g/mol. The van der Waals surface area contributed by atoms with Gasteiger partial charge in [0.05, 0.1) is 22.2 Å². The first-order valence-electron chi connectivity index (χ1n) is 7.44. The van der Waals surface area contributed by atoms with Gasteiger partial charge in [0.1, 0.15) is 11.1 Å². The number of thiazole rings is 1. The average Bonchev–Trinajstić information content (AvgIpc) is 3.30. The SMILES string of the molecule is N#C/C(=C/c1csc(-c2ccsc2)n1)c1nc2cc(Cl)ccc2c(=O)[nH]1. The number of nitrogens with one attached hydrogen (secondary N) is 1. The molecule has 5 nitrogen and oxygen atoms in total. The van der Waals surface area contributed by atoms with Gasteiger partial charge in [-0.15, -0.1) is 11.3 Å². The van der Waals surface area contributed by atoms with Gasteiger partial charge >= 0.3 is 0 Å². The van der Waals surface area contributed by atoms with Crippen LogP contribution in [0.15, 0.2) is 45.2 Å². The fourth-order valence-electron chi connectivity index (χ4n) is 2.41. The minimum Gasteiger partial charge on any atom is -0.305 e. The second-order valence-electron chi connectivity index (χ2n) is 5.34. The molecule has 1 N–H and O–H groups in total. The fourth-order valence-corrected chi connectivity index (χ4v) is 4.07. The smallest absolute Gasteiger partial charge is 0.259 e. The number of hydrogen-bond acceptors (Lipinski definition) is 6. The molecule has 3 aromatic heterocycles. The number of rotatable bonds is 3. The number of hydrogen-bond donors (Lipinski definition) is 1. The average molecular weight is 397 g/mol. The zero-order chi connectivity index (χ0) is 18.1. The second kappa shape index (κ2) is 6.84.